The number of hydrazone groups is 1. The zero-order valence-corrected chi connectivity index (χ0v) is 16.0. The molecule has 30 heavy (non-hydrogen) atoms. The largest absolute Gasteiger partial charge is 0.343 e. The van der Waals surface area contributed by atoms with Crippen LogP contribution in [0, 0.1) is 11.6 Å². The first-order valence-corrected chi connectivity index (χ1v) is 9.24. The van der Waals surface area contributed by atoms with Crippen molar-refractivity contribution in [2.75, 3.05) is 6.54 Å². The van der Waals surface area contributed by atoms with Crippen molar-refractivity contribution < 1.29 is 18.3 Å². The maximum atomic E-state index is 13.8. The standard InChI is InChI=1S/C20H17F2N7O/c1-13(11-28-12-14(9-26-28)18-4-2-16(22)10-23-18)27-20(30)17-8-15(21)3-5-19(17)29-24-6-7-25-29/h2-10,12-14H,11H2,1H3/p+1/t13-,14?/m0/s1. The zero-order valence-electron chi connectivity index (χ0n) is 16.0. The van der Waals surface area contributed by atoms with E-state index in [1.165, 1.54) is 35.4 Å². The smallest absolute Gasteiger partial charge is 0.254 e. The maximum absolute atomic E-state index is 13.8. The molecule has 0 bridgehead atoms. The molecule has 1 amide bonds. The van der Waals surface area contributed by atoms with E-state index in [2.05, 4.69) is 25.6 Å². The van der Waals surface area contributed by atoms with Gasteiger partial charge < -0.3 is 5.32 Å². The molecular formula is C20H18F2N7O+. The van der Waals surface area contributed by atoms with Gasteiger partial charge in [0.2, 0.25) is 0 Å². The summed E-state index contributed by atoms with van der Waals surface area (Å²) in [6.45, 7) is 2.21. The summed E-state index contributed by atoms with van der Waals surface area (Å²) in [4.78, 5) is 18.1. The number of hydrogen-bond acceptors (Lipinski definition) is 5. The first-order valence-electron chi connectivity index (χ1n) is 9.24. The Morgan fingerprint density at radius 1 is 1.20 bits per heavy atom. The van der Waals surface area contributed by atoms with Crippen molar-refractivity contribution in [1.29, 1.82) is 0 Å². The number of carbonyl (C=O) groups is 1. The predicted molar refractivity (Wildman–Crippen MR) is 105 cm³/mol. The van der Waals surface area contributed by atoms with Gasteiger partial charge in [-0.2, -0.15) is 15.0 Å². The van der Waals surface area contributed by atoms with Gasteiger partial charge in [0.25, 0.3) is 5.91 Å². The van der Waals surface area contributed by atoms with Crippen LogP contribution in [0.1, 0.15) is 28.9 Å². The van der Waals surface area contributed by atoms with E-state index in [0.717, 1.165) is 12.3 Å². The Bertz CT molecular complexity index is 1110. The molecule has 1 aromatic carbocycles. The van der Waals surface area contributed by atoms with Crippen LogP contribution in [0.5, 0.6) is 0 Å². The average molecular weight is 410 g/mol. The summed E-state index contributed by atoms with van der Waals surface area (Å²) in [7, 11) is 0. The quantitative estimate of drug-likeness (QED) is 0.629. The highest BCUT2D eigenvalue weighted by molar-refractivity contribution is 5.97. The molecule has 0 radical (unpaired) electrons. The summed E-state index contributed by atoms with van der Waals surface area (Å²) in [6, 6.07) is 6.50. The van der Waals surface area contributed by atoms with E-state index in [1.54, 1.807) is 17.0 Å². The lowest BCUT2D eigenvalue weighted by molar-refractivity contribution is -0.528. The number of halogens is 2. The minimum Gasteiger partial charge on any atom is -0.343 e. The molecule has 1 N–H and O–H groups in total. The Balaban J connectivity index is 1.44. The number of nitrogens with one attached hydrogen (secondary N) is 1. The molecule has 0 saturated carbocycles. The summed E-state index contributed by atoms with van der Waals surface area (Å²) < 4.78 is 28.5. The Kier molecular flexibility index (Phi) is 5.38. The lowest BCUT2D eigenvalue weighted by Crippen LogP contribution is -2.38. The number of hydrogen-bond donors (Lipinski definition) is 1. The van der Waals surface area contributed by atoms with Crippen molar-refractivity contribution in [3.05, 3.63) is 71.8 Å². The van der Waals surface area contributed by atoms with E-state index in [4.69, 9.17) is 0 Å². The van der Waals surface area contributed by atoms with E-state index in [1.807, 2.05) is 13.1 Å². The molecule has 1 unspecified atom stereocenters. The molecule has 8 nitrogen and oxygen atoms in total. The second-order valence-corrected chi connectivity index (χ2v) is 6.82. The second-order valence-electron chi connectivity index (χ2n) is 6.82. The SMILES string of the molecule is C[C@@H](C[N+]1=CC(c2ccc(F)cn2)C=N1)NC(=O)c1cc(F)ccc1-n1nccn1. The molecule has 0 spiro atoms. The van der Waals surface area contributed by atoms with Gasteiger partial charge in [-0.25, -0.2) is 8.78 Å². The normalized spacial score (nSPS) is 16.4. The number of nitrogens with zero attached hydrogens (tertiary/aromatic N) is 6. The molecular weight excluding hydrogens is 392 g/mol. The van der Waals surface area contributed by atoms with E-state index >= 15 is 0 Å². The molecule has 2 aromatic heterocycles. The average Bonchev–Trinajstić information content (AvgIpc) is 3.41. The van der Waals surface area contributed by atoms with Crippen LogP contribution in [-0.4, -0.2) is 55.6 Å². The molecule has 152 valence electrons. The lowest BCUT2D eigenvalue weighted by Gasteiger charge is -2.13. The van der Waals surface area contributed by atoms with Gasteiger partial charge in [0.05, 0.1) is 47.8 Å². The highest BCUT2D eigenvalue weighted by Gasteiger charge is 2.24. The molecule has 2 atom stereocenters. The van der Waals surface area contributed by atoms with Gasteiger partial charge in [0, 0.05) is 0 Å². The Morgan fingerprint density at radius 2 is 1.97 bits per heavy atom. The molecule has 0 saturated heterocycles. The maximum Gasteiger partial charge on any atom is 0.254 e. The number of amides is 1. The Labute approximate surface area is 170 Å². The van der Waals surface area contributed by atoms with Gasteiger partial charge in [-0.3, -0.25) is 9.78 Å². The predicted octanol–water partition coefficient (Wildman–Crippen LogP) is 1.93. The van der Waals surface area contributed by atoms with Crippen LogP contribution >= 0.6 is 0 Å². The third-order valence-corrected chi connectivity index (χ3v) is 4.48. The van der Waals surface area contributed by atoms with Crippen molar-refractivity contribution in [3.63, 3.8) is 0 Å². The number of aromatic nitrogens is 4. The van der Waals surface area contributed by atoms with Crippen LogP contribution in [-0.2, 0) is 0 Å². The third kappa shape index (κ3) is 4.27. The topological polar surface area (TPSA) is 88.1 Å². The molecule has 0 fully saturated rings. The number of rotatable bonds is 6. The Morgan fingerprint density at radius 3 is 2.70 bits per heavy atom. The number of benzene rings is 1. The van der Waals surface area contributed by atoms with Gasteiger partial charge in [-0.1, -0.05) is 4.68 Å². The van der Waals surface area contributed by atoms with E-state index in [0.29, 0.717) is 17.9 Å². The number of pyridine rings is 1. The molecule has 1 aliphatic heterocycles. The monoisotopic (exact) mass is 410 g/mol. The molecule has 3 aromatic rings. The van der Waals surface area contributed by atoms with Crippen molar-refractivity contribution in [1.82, 2.24) is 25.3 Å². The van der Waals surface area contributed by atoms with Crippen molar-refractivity contribution in [3.8, 4) is 5.69 Å². The number of carbonyl (C=O) groups excluding carboxylic acids is 1. The van der Waals surface area contributed by atoms with Crippen LogP contribution < -0.4 is 5.32 Å². The first kappa shape index (κ1) is 19.5. The lowest BCUT2D eigenvalue weighted by atomic mass is 10.1. The highest BCUT2D eigenvalue weighted by Crippen LogP contribution is 2.16. The first-order chi connectivity index (χ1) is 14.5. The van der Waals surface area contributed by atoms with Crippen molar-refractivity contribution in [2.24, 2.45) is 5.10 Å². The summed E-state index contributed by atoms with van der Waals surface area (Å²) in [5.74, 6) is -1.55. The minimum atomic E-state index is -0.532. The zero-order chi connectivity index (χ0) is 21.1. The fourth-order valence-corrected chi connectivity index (χ4v) is 3.10. The molecule has 3 heterocycles. The van der Waals surface area contributed by atoms with Crippen LogP contribution in [0.25, 0.3) is 5.69 Å². The van der Waals surface area contributed by atoms with Crippen molar-refractivity contribution in [2.45, 2.75) is 18.9 Å². The Hall–Kier alpha value is -3.82. The molecule has 10 heteroatoms. The van der Waals surface area contributed by atoms with Gasteiger partial charge in [-0.15, -0.1) is 0 Å². The van der Waals surface area contributed by atoms with Crippen LogP contribution in [0.3, 0.4) is 0 Å². The summed E-state index contributed by atoms with van der Waals surface area (Å²) in [5, 5.41) is 15.1. The summed E-state index contributed by atoms with van der Waals surface area (Å²) >= 11 is 0. The van der Waals surface area contributed by atoms with Crippen LogP contribution in [0.4, 0.5) is 8.78 Å². The van der Waals surface area contributed by atoms with Gasteiger partial charge >= 0.3 is 0 Å². The second kappa shape index (κ2) is 8.27. The summed E-state index contributed by atoms with van der Waals surface area (Å²) in [5.41, 5.74) is 1.18. The van der Waals surface area contributed by atoms with Crippen LogP contribution in [0.2, 0.25) is 0 Å². The van der Waals surface area contributed by atoms with Gasteiger partial charge in [0.1, 0.15) is 17.6 Å². The van der Waals surface area contributed by atoms with E-state index < -0.39 is 17.5 Å². The minimum absolute atomic E-state index is 0.125. The van der Waals surface area contributed by atoms with Gasteiger partial charge in [-0.05, 0) is 42.4 Å². The third-order valence-electron chi connectivity index (χ3n) is 4.48. The van der Waals surface area contributed by atoms with Crippen molar-refractivity contribution >= 4 is 18.3 Å². The fraction of sp³-hybridized carbons (Fsp3) is 0.200. The fourth-order valence-electron chi connectivity index (χ4n) is 3.10. The van der Waals surface area contributed by atoms with Crippen LogP contribution in [0.15, 0.2) is 54.0 Å². The molecule has 4 rings (SSSR count). The molecule has 1 aliphatic rings. The molecule has 0 aliphatic carbocycles. The van der Waals surface area contributed by atoms with E-state index in [9.17, 15) is 13.6 Å². The summed E-state index contributed by atoms with van der Waals surface area (Å²) in [6.07, 6.45) is 7.64. The van der Waals surface area contributed by atoms with Gasteiger partial charge in [0.15, 0.2) is 12.8 Å². The highest BCUT2D eigenvalue weighted by atomic mass is 19.1. The van der Waals surface area contributed by atoms with E-state index in [-0.39, 0.29) is 17.5 Å².